The lowest BCUT2D eigenvalue weighted by atomic mass is 10.0. The number of aliphatic hydroxyl groups is 1. The number of aromatic nitrogens is 2. The van der Waals surface area contributed by atoms with E-state index >= 15 is 0 Å². The maximum absolute atomic E-state index is 12.5. The van der Waals surface area contributed by atoms with Gasteiger partial charge in [0, 0.05) is 12.1 Å². The predicted molar refractivity (Wildman–Crippen MR) is 124 cm³/mol. The first-order valence-electron chi connectivity index (χ1n) is 10.8. The maximum Gasteiger partial charge on any atom is 0.255 e. The molecule has 33 heavy (non-hydrogen) atoms. The fraction of sp³-hybridized carbons (Fsp3) is 0.292. The van der Waals surface area contributed by atoms with Gasteiger partial charge in [-0.05, 0) is 37.0 Å². The number of hydrogen-bond acceptors (Lipinski definition) is 6. The number of anilines is 1. The van der Waals surface area contributed by atoms with Crippen LogP contribution in [0.2, 0.25) is 0 Å². The van der Waals surface area contributed by atoms with E-state index < -0.39 is 12.0 Å². The topological polar surface area (TPSA) is 145 Å². The molecule has 0 unspecified atom stereocenters. The number of para-hydroxylation sites is 1. The third-order valence-electron chi connectivity index (χ3n) is 5.95. The molecule has 0 saturated heterocycles. The van der Waals surface area contributed by atoms with Gasteiger partial charge in [0.25, 0.3) is 11.8 Å². The van der Waals surface area contributed by atoms with Crippen molar-refractivity contribution >= 4 is 17.6 Å². The van der Waals surface area contributed by atoms with Crippen molar-refractivity contribution in [3.05, 3.63) is 65.2 Å². The summed E-state index contributed by atoms with van der Waals surface area (Å²) < 4.78 is 6.84. The molecule has 4 rings (SSSR count). The van der Waals surface area contributed by atoms with Crippen LogP contribution in [0.15, 0.2) is 48.5 Å². The second-order valence-electron chi connectivity index (χ2n) is 8.12. The summed E-state index contributed by atoms with van der Waals surface area (Å²) >= 11 is 0. The highest BCUT2D eigenvalue weighted by Gasteiger charge is 2.30. The molecule has 1 fully saturated rings. The van der Waals surface area contributed by atoms with Gasteiger partial charge in [-0.15, -0.1) is 0 Å². The molecule has 9 heteroatoms. The van der Waals surface area contributed by atoms with Crippen LogP contribution in [-0.2, 0) is 6.54 Å². The third kappa shape index (κ3) is 4.54. The first-order chi connectivity index (χ1) is 15.9. The molecule has 1 saturated carbocycles. The molecule has 1 aliphatic carbocycles. The molecule has 2 aromatic carbocycles. The lowest BCUT2D eigenvalue weighted by Gasteiger charge is -2.11. The first kappa shape index (κ1) is 22.3. The van der Waals surface area contributed by atoms with Crippen LogP contribution in [0.3, 0.4) is 0 Å². The summed E-state index contributed by atoms with van der Waals surface area (Å²) in [5, 5.41) is 17.3. The average Bonchev–Trinajstić information content (AvgIpc) is 3.40. The highest BCUT2D eigenvalue weighted by Crippen LogP contribution is 2.35. The van der Waals surface area contributed by atoms with E-state index in [-0.39, 0.29) is 23.3 Å². The number of primary amides is 1. The number of rotatable bonds is 7. The summed E-state index contributed by atoms with van der Waals surface area (Å²) in [7, 11) is 1.52. The van der Waals surface area contributed by atoms with Crippen molar-refractivity contribution < 1.29 is 19.4 Å². The van der Waals surface area contributed by atoms with Crippen LogP contribution in [0.1, 0.15) is 51.6 Å². The molecule has 6 N–H and O–H groups in total. The first-order valence-corrected chi connectivity index (χ1v) is 10.8. The Balaban J connectivity index is 1.52. The number of benzene rings is 2. The minimum absolute atomic E-state index is 0.0729. The molecule has 172 valence electrons. The molecule has 1 aliphatic rings. The lowest BCUT2D eigenvalue weighted by molar-refractivity contribution is 0.0946. The Morgan fingerprint density at radius 2 is 1.91 bits per heavy atom. The summed E-state index contributed by atoms with van der Waals surface area (Å²) in [6, 6.07) is 14.3. The Morgan fingerprint density at radius 3 is 2.55 bits per heavy atom. The molecule has 0 aliphatic heterocycles. The molecule has 2 atom stereocenters. The highest BCUT2D eigenvalue weighted by molar-refractivity contribution is 6.03. The van der Waals surface area contributed by atoms with Gasteiger partial charge in [-0.2, -0.15) is 5.10 Å². The third-order valence-corrected chi connectivity index (χ3v) is 5.95. The van der Waals surface area contributed by atoms with Gasteiger partial charge in [0.1, 0.15) is 22.8 Å². The normalized spacial score (nSPS) is 17.6. The van der Waals surface area contributed by atoms with E-state index in [1.807, 2.05) is 24.3 Å². The molecule has 0 bridgehead atoms. The number of ether oxygens (including phenoxy) is 1. The molecule has 3 aromatic rings. The van der Waals surface area contributed by atoms with Gasteiger partial charge >= 0.3 is 0 Å². The molecule has 0 radical (unpaired) electrons. The fourth-order valence-electron chi connectivity index (χ4n) is 4.22. The van der Waals surface area contributed by atoms with E-state index in [1.165, 1.54) is 7.11 Å². The quantitative estimate of drug-likeness (QED) is 0.435. The van der Waals surface area contributed by atoms with Crippen LogP contribution < -0.4 is 21.5 Å². The number of amides is 2. The van der Waals surface area contributed by atoms with Crippen molar-refractivity contribution in [2.75, 3.05) is 12.8 Å². The van der Waals surface area contributed by atoms with Crippen molar-refractivity contribution in [2.24, 2.45) is 5.73 Å². The van der Waals surface area contributed by atoms with E-state index in [0.717, 1.165) is 12.0 Å². The Hall–Kier alpha value is -3.85. The van der Waals surface area contributed by atoms with Gasteiger partial charge in [0.05, 0.1) is 24.8 Å². The van der Waals surface area contributed by atoms with Crippen molar-refractivity contribution in [1.29, 1.82) is 0 Å². The van der Waals surface area contributed by atoms with Crippen molar-refractivity contribution in [3.63, 3.8) is 0 Å². The van der Waals surface area contributed by atoms with Crippen molar-refractivity contribution in [3.8, 4) is 17.0 Å². The van der Waals surface area contributed by atoms with Crippen LogP contribution in [0.4, 0.5) is 5.82 Å². The highest BCUT2D eigenvalue weighted by atomic mass is 16.5. The van der Waals surface area contributed by atoms with E-state index in [1.54, 1.807) is 28.9 Å². The predicted octanol–water partition coefficient (Wildman–Crippen LogP) is 2.26. The smallest absolute Gasteiger partial charge is 0.255 e. The van der Waals surface area contributed by atoms with Crippen molar-refractivity contribution in [2.45, 2.75) is 38.0 Å². The van der Waals surface area contributed by atoms with Gasteiger partial charge in [-0.1, -0.05) is 36.4 Å². The molecule has 9 nitrogen and oxygen atoms in total. The van der Waals surface area contributed by atoms with Crippen LogP contribution in [0, 0.1) is 0 Å². The average molecular weight is 450 g/mol. The van der Waals surface area contributed by atoms with Gasteiger partial charge in [0.15, 0.2) is 0 Å². The molecular weight excluding hydrogens is 422 g/mol. The Kier molecular flexibility index (Phi) is 6.32. The van der Waals surface area contributed by atoms with E-state index in [2.05, 4.69) is 10.4 Å². The molecule has 1 heterocycles. The maximum atomic E-state index is 12.5. The van der Waals surface area contributed by atoms with Crippen LogP contribution in [0.25, 0.3) is 11.3 Å². The zero-order valence-corrected chi connectivity index (χ0v) is 18.3. The Bertz CT molecular complexity index is 1170. The zero-order chi connectivity index (χ0) is 23.5. The van der Waals surface area contributed by atoms with Crippen molar-refractivity contribution in [1.82, 2.24) is 15.1 Å². The molecule has 2 amide bonds. The second kappa shape index (κ2) is 9.33. The summed E-state index contributed by atoms with van der Waals surface area (Å²) in [5.74, 6) is -0.171. The fourth-order valence-corrected chi connectivity index (χ4v) is 4.22. The number of nitrogens with one attached hydrogen (secondary N) is 1. The summed E-state index contributed by atoms with van der Waals surface area (Å²) in [5.41, 5.74) is 14.4. The minimum Gasteiger partial charge on any atom is -0.496 e. The molecular formula is C24H27N5O4. The largest absolute Gasteiger partial charge is 0.496 e. The van der Waals surface area contributed by atoms with Gasteiger partial charge in [0.2, 0.25) is 0 Å². The Labute approximate surface area is 191 Å². The lowest BCUT2D eigenvalue weighted by Crippen LogP contribution is -2.23. The number of nitrogens with zero attached hydrogens (tertiary/aromatic N) is 2. The SMILES string of the molecule is COc1ccccc1C(=O)NCc1ccc(-c2nn([C@H]3CC[C@@H](O)C3)c(N)c2C(N)=O)cc1. The van der Waals surface area contributed by atoms with Gasteiger partial charge < -0.3 is 26.6 Å². The molecule has 1 aromatic heterocycles. The monoisotopic (exact) mass is 449 g/mol. The minimum atomic E-state index is -0.652. The summed E-state index contributed by atoms with van der Waals surface area (Å²) in [6.07, 6.45) is 1.54. The number of methoxy groups -OCH3 is 1. The van der Waals surface area contributed by atoms with Gasteiger partial charge in [-0.3, -0.25) is 9.59 Å². The number of aliphatic hydroxyl groups excluding tert-OH is 1. The van der Waals surface area contributed by atoms with Gasteiger partial charge in [-0.25, -0.2) is 4.68 Å². The number of carbonyl (C=O) groups excluding carboxylic acids is 2. The molecule has 0 spiro atoms. The number of nitrogens with two attached hydrogens (primary N) is 2. The van der Waals surface area contributed by atoms with Crippen LogP contribution in [-0.4, -0.2) is 39.9 Å². The summed E-state index contributed by atoms with van der Waals surface area (Å²) in [4.78, 5) is 24.6. The number of carbonyl (C=O) groups is 2. The van der Waals surface area contributed by atoms with Crippen LogP contribution >= 0.6 is 0 Å². The van der Waals surface area contributed by atoms with E-state index in [9.17, 15) is 14.7 Å². The van der Waals surface area contributed by atoms with E-state index in [4.69, 9.17) is 16.2 Å². The van der Waals surface area contributed by atoms with Crippen LogP contribution in [0.5, 0.6) is 5.75 Å². The Morgan fingerprint density at radius 1 is 1.18 bits per heavy atom. The van der Waals surface area contributed by atoms with E-state index in [0.29, 0.717) is 42.0 Å². The summed E-state index contributed by atoms with van der Waals surface area (Å²) in [6.45, 7) is 0.316. The zero-order valence-electron chi connectivity index (χ0n) is 18.3. The number of nitrogen functional groups attached to an aromatic ring is 1. The second-order valence-corrected chi connectivity index (χ2v) is 8.12. The number of hydrogen-bond donors (Lipinski definition) is 4. The standard InChI is InChI=1S/C24H27N5O4/c1-33-19-5-3-2-4-18(19)24(32)27-13-14-6-8-15(9-7-14)21-20(23(26)31)22(25)29(28-21)16-10-11-17(30)12-16/h2-9,16-17,30H,10-13,25H2,1H3,(H2,26,31)(H,27,32)/t16-,17+/m0/s1.